The van der Waals surface area contributed by atoms with Crippen LogP contribution in [0.5, 0.6) is 0 Å². The van der Waals surface area contributed by atoms with Gasteiger partial charge in [-0.05, 0) is 49.1 Å². The summed E-state index contributed by atoms with van der Waals surface area (Å²) in [6, 6.07) is 14.9. The van der Waals surface area contributed by atoms with Gasteiger partial charge in [0.25, 0.3) is 5.91 Å². The van der Waals surface area contributed by atoms with Gasteiger partial charge in [0.15, 0.2) is 5.60 Å². The van der Waals surface area contributed by atoms with E-state index in [9.17, 15) is 9.59 Å². The SMILES string of the molecule is COC(C)(C(=O)Nc1ccc2c(c1)CCCC(=O)N2)c1ccccc1. The number of ether oxygens (including phenoxy) is 1. The molecule has 5 heteroatoms. The van der Waals surface area contributed by atoms with Crippen molar-refractivity contribution < 1.29 is 14.3 Å². The third-order valence-corrected chi connectivity index (χ3v) is 4.65. The monoisotopic (exact) mass is 338 g/mol. The molecule has 2 amide bonds. The van der Waals surface area contributed by atoms with Crippen molar-refractivity contribution in [3.8, 4) is 0 Å². The molecular weight excluding hydrogens is 316 g/mol. The van der Waals surface area contributed by atoms with Crippen LogP contribution in [0.25, 0.3) is 0 Å². The number of hydrogen-bond acceptors (Lipinski definition) is 3. The molecular formula is C20H22N2O3. The van der Waals surface area contributed by atoms with Crippen LogP contribution in [0.1, 0.15) is 30.9 Å². The Kier molecular flexibility index (Phi) is 4.86. The van der Waals surface area contributed by atoms with Crippen molar-refractivity contribution in [3.05, 3.63) is 59.7 Å². The quantitative estimate of drug-likeness (QED) is 0.897. The summed E-state index contributed by atoms with van der Waals surface area (Å²) in [7, 11) is 1.53. The molecule has 3 rings (SSSR count). The maximum absolute atomic E-state index is 12.8. The maximum Gasteiger partial charge on any atom is 0.260 e. The number of anilines is 2. The Hall–Kier alpha value is -2.66. The highest BCUT2D eigenvalue weighted by Crippen LogP contribution is 2.29. The van der Waals surface area contributed by atoms with Gasteiger partial charge in [0.2, 0.25) is 5.91 Å². The van der Waals surface area contributed by atoms with Crippen LogP contribution in [0, 0.1) is 0 Å². The Bertz CT molecular complexity index is 789. The average Bonchev–Trinajstić information content (AvgIpc) is 2.82. The molecule has 2 N–H and O–H groups in total. The Morgan fingerprint density at radius 1 is 1.16 bits per heavy atom. The topological polar surface area (TPSA) is 67.4 Å². The van der Waals surface area contributed by atoms with E-state index in [0.717, 1.165) is 29.7 Å². The van der Waals surface area contributed by atoms with E-state index >= 15 is 0 Å². The van der Waals surface area contributed by atoms with Gasteiger partial charge in [0, 0.05) is 24.9 Å². The number of benzene rings is 2. The lowest BCUT2D eigenvalue weighted by molar-refractivity contribution is -0.136. The van der Waals surface area contributed by atoms with Crippen LogP contribution in [-0.2, 0) is 26.3 Å². The molecule has 1 atom stereocenters. The van der Waals surface area contributed by atoms with Crippen molar-refractivity contribution in [2.45, 2.75) is 31.8 Å². The number of fused-ring (bicyclic) bond motifs is 1. The number of rotatable bonds is 4. The molecule has 0 bridgehead atoms. The van der Waals surface area contributed by atoms with Crippen molar-refractivity contribution in [3.63, 3.8) is 0 Å². The fourth-order valence-electron chi connectivity index (χ4n) is 3.00. The molecule has 0 fully saturated rings. The first-order chi connectivity index (χ1) is 12.0. The fraction of sp³-hybridized carbons (Fsp3) is 0.300. The van der Waals surface area contributed by atoms with Crippen LogP contribution >= 0.6 is 0 Å². The second-order valence-electron chi connectivity index (χ2n) is 6.33. The van der Waals surface area contributed by atoms with Gasteiger partial charge >= 0.3 is 0 Å². The Labute approximate surface area is 147 Å². The van der Waals surface area contributed by atoms with Gasteiger partial charge in [-0.2, -0.15) is 0 Å². The molecule has 0 aromatic heterocycles. The van der Waals surface area contributed by atoms with Gasteiger partial charge in [-0.1, -0.05) is 30.3 Å². The third-order valence-electron chi connectivity index (χ3n) is 4.65. The molecule has 1 unspecified atom stereocenters. The zero-order valence-electron chi connectivity index (χ0n) is 14.5. The molecule has 0 spiro atoms. The molecule has 2 aromatic carbocycles. The van der Waals surface area contributed by atoms with Crippen LogP contribution in [-0.4, -0.2) is 18.9 Å². The summed E-state index contributed by atoms with van der Waals surface area (Å²) < 4.78 is 5.54. The number of amides is 2. The summed E-state index contributed by atoms with van der Waals surface area (Å²) in [6.45, 7) is 1.75. The first-order valence-corrected chi connectivity index (χ1v) is 8.38. The minimum atomic E-state index is -1.08. The van der Waals surface area contributed by atoms with E-state index < -0.39 is 5.60 Å². The lowest BCUT2D eigenvalue weighted by Crippen LogP contribution is -2.39. The molecule has 1 heterocycles. The predicted octanol–water partition coefficient (Wildman–Crippen LogP) is 3.46. The van der Waals surface area contributed by atoms with Crippen molar-refractivity contribution in [2.75, 3.05) is 17.7 Å². The average molecular weight is 338 g/mol. The molecule has 2 aromatic rings. The van der Waals surface area contributed by atoms with Crippen molar-refractivity contribution in [1.82, 2.24) is 0 Å². The van der Waals surface area contributed by atoms with Gasteiger partial charge in [0.1, 0.15) is 0 Å². The lowest BCUT2D eigenvalue weighted by atomic mass is 9.94. The molecule has 0 radical (unpaired) electrons. The van der Waals surface area contributed by atoms with Gasteiger partial charge in [-0.15, -0.1) is 0 Å². The minimum absolute atomic E-state index is 0.0339. The van der Waals surface area contributed by atoms with Crippen molar-refractivity contribution in [2.24, 2.45) is 0 Å². The highest BCUT2D eigenvalue weighted by Gasteiger charge is 2.35. The largest absolute Gasteiger partial charge is 0.364 e. The number of hydrogen-bond donors (Lipinski definition) is 2. The summed E-state index contributed by atoms with van der Waals surface area (Å²) in [5.41, 5.74) is 2.25. The summed E-state index contributed by atoms with van der Waals surface area (Å²) >= 11 is 0. The van der Waals surface area contributed by atoms with E-state index in [1.807, 2.05) is 42.5 Å². The Morgan fingerprint density at radius 3 is 2.64 bits per heavy atom. The zero-order chi connectivity index (χ0) is 17.9. The maximum atomic E-state index is 12.8. The van der Waals surface area contributed by atoms with E-state index in [-0.39, 0.29) is 11.8 Å². The molecule has 130 valence electrons. The second kappa shape index (κ2) is 7.07. The molecule has 25 heavy (non-hydrogen) atoms. The first kappa shape index (κ1) is 17.2. The van der Waals surface area contributed by atoms with Gasteiger partial charge < -0.3 is 15.4 Å². The van der Waals surface area contributed by atoms with E-state index in [4.69, 9.17) is 4.74 Å². The zero-order valence-corrected chi connectivity index (χ0v) is 14.5. The molecule has 5 nitrogen and oxygen atoms in total. The lowest BCUT2D eigenvalue weighted by Gasteiger charge is -2.27. The number of nitrogens with one attached hydrogen (secondary N) is 2. The predicted molar refractivity (Wildman–Crippen MR) is 97.4 cm³/mol. The molecule has 0 aliphatic carbocycles. The Balaban J connectivity index is 1.83. The smallest absolute Gasteiger partial charge is 0.260 e. The summed E-state index contributed by atoms with van der Waals surface area (Å²) in [6.07, 6.45) is 2.13. The molecule has 0 saturated heterocycles. The number of carbonyl (C=O) groups excluding carboxylic acids is 2. The third kappa shape index (κ3) is 3.56. The summed E-state index contributed by atoms with van der Waals surface area (Å²) in [5.74, 6) is -0.203. The van der Waals surface area contributed by atoms with Crippen molar-refractivity contribution >= 4 is 23.2 Å². The molecule has 1 aliphatic heterocycles. The van der Waals surface area contributed by atoms with Gasteiger partial charge in [0.05, 0.1) is 0 Å². The highest BCUT2D eigenvalue weighted by molar-refractivity contribution is 5.98. The standard InChI is InChI=1S/C20H22N2O3/c1-20(25-2,15-8-4-3-5-9-15)19(24)21-16-11-12-17-14(13-16)7-6-10-18(23)22-17/h3-5,8-9,11-13H,6-7,10H2,1-2H3,(H,21,24)(H,22,23). The number of methoxy groups -OCH3 is 1. The van der Waals surface area contributed by atoms with E-state index in [1.165, 1.54) is 7.11 Å². The van der Waals surface area contributed by atoms with E-state index in [2.05, 4.69) is 10.6 Å². The van der Waals surface area contributed by atoms with Crippen LogP contribution in [0.15, 0.2) is 48.5 Å². The fourth-order valence-corrected chi connectivity index (χ4v) is 3.00. The summed E-state index contributed by atoms with van der Waals surface area (Å²) in [4.78, 5) is 24.5. The minimum Gasteiger partial charge on any atom is -0.364 e. The van der Waals surface area contributed by atoms with Crippen LogP contribution in [0.3, 0.4) is 0 Å². The number of carbonyl (C=O) groups is 2. The normalized spacial score (nSPS) is 16.2. The highest BCUT2D eigenvalue weighted by atomic mass is 16.5. The number of aryl methyl sites for hydroxylation is 1. The first-order valence-electron chi connectivity index (χ1n) is 8.38. The van der Waals surface area contributed by atoms with Crippen LogP contribution in [0.2, 0.25) is 0 Å². The van der Waals surface area contributed by atoms with Crippen LogP contribution in [0.4, 0.5) is 11.4 Å². The van der Waals surface area contributed by atoms with Gasteiger partial charge in [-0.3, -0.25) is 9.59 Å². The van der Waals surface area contributed by atoms with Crippen molar-refractivity contribution in [1.29, 1.82) is 0 Å². The van der Waals surface area contributed by atoms with Gasteiger partial charge in [-0.25, -0.2) is 0 Å². The van der Waals surface area contributed by atoms with E-state index in [1.54, 1.807) is 13.0 Å². The molecule has 1 aliphatic rings. The molecule has 0 saturated carbocycles. The second-order valence-corrected chi connectivity index (χ2v) is 6.33. The summed E-state index contributed by atoms with van der Waals surface area (Å²) in [5, 5.41) is 5.83. The van der Waals surface area contributed by atoms with E-state index in [0.29, 0.717) is 12.1 Å². The Morgan fingerprint density at radius 2 is 1.92 bits per heavy atom. The van der Waals surface area contributed by atoms with Crippen LogP contribution < -0.4 is 10.6 Å².